The smallest absolute Gasteiger partial charge is 0.127 e. The Morgan fingerprint density at radius 3 is 1.37 bits per heavy atom. The molecule has 0 spiro atoms. The van der Waals surface area contributed by atoms with Gasteiger partial charge in [0, 0.05) is 8.42 Å². The van der Waals surface area contributed by atoms with Crippen LogP contribution < -0.4 is 18.9 Å². The second-order valence-electron chi connectivity index (χ2n) is 11.2. The Morgan fingerprint density at radius 1 is 0.628 bits per heavy atom. The Morgan fingerprint density at radius 2 is 1.02 bits per heavy atom. The minimum Gasteiger partial charge on any atom is -0.496 e. The molecule has 0 N–H and O–H groups in total. The Hall–Kier alpha value is -3.57. The highest BCUT2D eigenvalue weighted by Crippen LogP contribution is 2.45. The summed E-state index contributed by atoms with van der Waals surface area (Å²) in [4.78, 5) is 0. The summed E-state index contributed by atoms with van der Waals surface area (Å²) < 4.78 is 21.6. The van der Waals surface area contributed by atoms with Gasteiger partial charge in [0.2, 0.25) is 0 Å². The van der Waals surface area contributed by atoms with E-state index in [4.69, 9.17) is 18.9 Å². The van der Waals surface area contributed by atoms with E-state index in [-0.39, 0.29) is 8.10 Å². The van der Waals surface area contributed by atoms with E-state index in [9.17, 15) is 0 Å². The molecule has 0 amide bonds. The maximum Gasteiger partial charge on any atom is 0.127 e. The maximum atomic E-state index is 5.62. The van der Waals surface area contributed by atoms with Gasteiger partial charge in [0.1, 0.15) is 23.0 Å². The third-order valence-electron chi connectivity index (χ3n) is 6.92. The molecule has 1 atom stereocenters. The highest BCUT2D eigenvalue weighted by Gasteiger charge is 2.23. The van der Waals surface area contributed by atoms with E-state index in [1.54, 1.807) is 28.4 Å². The van der Waals surface area contributed by atoms with Crippen molar-refractivity contribution in [2.75, 3.05) is 34.2 Å². The number of benzene rings is 4. The lowest BCUT2D eigenvalue weighted by Gasteiger charge is -2.22. The molecule has 0 aromatic heterocycles. The van der Waals surface area contributed by atoms with Crippen molar-refractivity contribution >= 4 is 11.8 Å². The van der Waals surface area contributed by atoms with E-state index in [0.717, 1.165) is 51.0 Å². The summed E-state index contributed by atoms with van der Waals surface area (Å²) in [6.45, 7) is 14.9. The van der Waals surface area contributed by atoms with Gasteiger partial charge >= 0.3 is 0 Å². The minimum absolute atomic E-state index is 0. The summed E-state index contributed by atoms with van der Waals surface area (Å²) in [5.74, 6) is 4.57. The van der Waals surface area contributed by atoms with E-state index >= 15 is 0 Å². The van der Waals surface area contributed by atoms with Crippen LogP contribution in [0.2, 0.25) is 0 Å². The third-order valence-corrected chi connectivity index (χ3v) is 8.10. The van der Waals surface area contributed by atoms with Crippen molar-refractivity contribution in [1.29, 1.82) is 0 Å². The molecule has 1 unspecified atom stereocenters. The summed E-state index contributed by atoms with van der Waals surface area (Å²) in [6.07, 6.45) is 0. The Labute approximate surface area is 267 Å². The van der Waals surface area contributed by atoms with Crippen molar-refractivity contribution in [3.05, 3.63) is 118 Å². The predicted octanol–water partition coefficient (Wildman–Crippen LogP) is 10.7. The molecule has 0 saturated carbocycles. The van der Waals surface area contributed by atoms with Gasteiger partial charge in [-0.25, -0.2) is 0 Å². The van der Waals surface area contributed by atoms with Crippen molar-refractivity contribution in [3.63, 3.8) is 0 Å². The number of rotatable bonds is 8. The number of thioether (sulfide) groups is 1. The van der Waals surface area contributed by atoms with Crippen LogP contribution in [-0.4, -0.2) is 34.2 Å². The van der Waals surface area contributed by atoms with Crippen molar-refractivity contribution < 1.29 is 21.8 Å². The fourth-order valence-electron chi connectivity index (χ4n) is 4.62. The molecule has 0 aliphatic carbocycles. The molecule has 236 valence electrons. The largest absolute Gasteiger partial charge is 0.496 e. The molecular weight excluding hydrogens is 552 g/mol. The predicted molar refractivity (Wildman–Crippen MR) is 189 cm³/mol. The van der Waals surface area contributed by atoms with Crippen LogP contribution in [-0.2, 0) is 5.41 Å². The van der Waals surface area contributed by atoms with E-state index in [1.165, 1.54) is 11.1 Å². The zero-order chi connectivity index (χ0) is 32.0. The first kappa shape index (κ1) is 35.6. The van der Waals surface area contributed by atoms with Gasteiger partial charge in [-0.3, -0.25) is 0 Å². The van der Waals surface area contributed by atoms with Crippen molar-refractivity contribution in [1.82, 2.24) is 0 Å². The molecule has 0 fully saturated rings. The van der Waals surface area contributed by atoms with Gasteiger partial charge in [-0.2, -0.15) is 0 Å². The molecule has 0 radical (unpaired) electrons. The monoisotopic (exact) mass is 606 g/mol. The summed E-state index contributed by atoms with van der Waals surface area (Å²) in [6, 6.07) is 29.2. The lowest BCUT2D eigenvalue weighted by Crippen LogP contribution is -2.10. The van der Waals surface area contributed by atoms with Gasteiger partial charge in [-0.05, 0) is 78.5 Å². The van der Waals surface area contributed by atoms with Gasteiger partial charge < -0.3 is 18.9 Å². The Balaban J connectivity index is 0.000000689. The normalized spacial score (nSPS) is 11.2. The zero-order valence-electron chi connectivity index (χ0n) is 27.9. The number of hydrogen-bond acceptors (Lipinski definition) is 5. The molecule has 5 heteroatoms. The van der Waals surface area contributed by atoms with Gasteiger partial charge in [0.15, 0.2) is 0 Å². The van der Waals surface area contributed by atoms with E-state index in [1.807, 2.05) is 43.8 Å². The molecule has 0 aliphatic heterocycles. The molecule has 0 heterocycles. The van der Waals surface area contributed by atoms with E-state index in [0.29, 0.717) is 5.41 Å². The first-order valence-corrected chi connectivity index (χ1v) is 15.7. The fraction of sp³-hybridized carbons (Fsp3) is 0.368. The van der Waals surface area contributed by atoms with Crippen LogP contribution in [0.15, 0.2) is 84.9 Å². The number of ether oxygens (including phenoxy) is 4. The number of hydrogen-bond donors (Lipinski definition) is 0. The number of methoxy groups -OCH3 is 4. The molecule has 0 aliphatic rings. The molecule has 43 heavy (non-hydrogen) atoms. The minimum atomic E-state index is 0. The van der Waals surface area contributed by atoms with E-state index < -0.39 is 0 Å². The number of aryl methyl sites for hydroxylation is 2. The van der Waals surface area contributed by atoms with Crippen LogP contribution in [0.5, 0.6) is 23.0 Å². The molecule has 0 saturated heterocycles. The quantitative estimate of drug-likeness (QED) is 0.199. The molecule has 4 aromatic rings. The van der Waals surface area contributed by atoms with Crippen LogP contribution in [0.1, 0.15) is 69.2 Å². The second kappa shape index (κ2) is 17.5. The van der Waals surface area contributed by atoms with Crippen molar-refractivity contribution in [2.24, 2.45) is 0 Å². The summed E-state index contributed by atoms with van der Waals surface area (Å²) in [5, 5.41) is 0.210. The molecular formula is C38H54O4S. The summed E-state index contributed by atoms with van der Waals surface area (Å²) >= 11 is 1.89. The fourth-order valence-corrected chi connectivity index (χ4v) is 5.71. The lowest BCUT2D eigenvalue weighted by atomic mass is 9.87. The average molecular weight is 607 g/mol. The van der Waals surface area contributed by atoms with Crippen LogP contribution >= 0.6 is 11.8 Å². The van der Waals surface area contributed by atoms with Crippen LogP contribution in [0.25, 0.3) is 0 Å². The SMILES string of the molecule is CC(C)(C)c1ccccc1.CCSC(c1ccccc1)c1c(OC)cc(C)cc1OC.COc1cc(C)cc(OC)c1C.[HH].[HH]. The molecule has 4 rings (SSSR count). The summed E-state index contributed by atoms with van der Waals surface area (Å²) in [5.41, 5.74) is 7.41. The molecule has 4 nitrogen and oxygen atoms in total. The van der Waals surface area contributed by atoms with Gasteiger partial charge in [-0.1, -0.05) is 88.4 Å². The van der Waals surface area contributed by atoms with Crippen molar-refractivity contribution in [3.8, 4) is 23.0 Å². The highest BCUT2D eigenvalue weighted by atomic mass is 32.2. The van der Waals surface area contributed by atoms with Gasteiger partial charge in [-0.15, -0.1) is 11.8 Å². The topological polar surface area (TPSA) is 36.9 Å². The van der Waals surface area contributed by atoms with Gasteiger partial charge in [0.25, 0.3) is 0 Å². The standard InChI is InChI=1S/C18H22O2S.C10H14O2.C10H14.2H2/c1-5-21-18(14-9-7-6-8-10-14)17-15(19-3)11-13(2)12-16(17)20-4;1-7-5-9(11-3)8(2)10(6-7)12-4;1-10(2,3)9-7-5-4-6-8-9;;/h6-12,18H,5H2,1-4H3;5-6H,1-4H3;4-8H,1-3H3;2*1H. The third kappa shape index (κ3) is 10.6. The van der Waals surface area contributed by atoms with Crippen molar-refractivity contribution in [2.45, 2.75) is 59.1 Å². The van der Waals surface area contributed by atoms with Gasteiger partial charge in [0.05, 0.1) is 39.3 Å². The second-order valence-corrected chi connectivity index (χ2v) is 12.6. The molecule has 0 bridgehead atoms. The Bertz CT molecular complexity index is 1340. The van der Waals surface area contributed by atoms with E-state index in [2.05, 4.69) is 101 Å². The van der Waals surface area contributed by atoms with Crippen LogP contribution in [0.3, 0.4) is 0 Å². The zero-order valence-corrected chi connectivity index (χ0v) is 28.7. The van der Waals surface area contributed by atoms with Crippen LogP contribution in [0, 0.1) is 20.8 Å². The molecule has 4 aromatic carbocycles. The first-order valence-electron chi connectivity index (χ1n) is 14.6. The lowest BCUT2D eigenvalue weighted by molar-refractivity contribution is 0.386. The Kier molecular flexibility index (Phi) is 14.5. The first-order chi connectivity index (χ1) is 20.5. The highest BCUT2D eigenvalue weighted by molar-refractivity contribution is 7.99. The van der Waals surface area contributed by atoms with Crippen LogP contribution in [0.4, 0.5) is 0 Å². The average Bonchev–Trinajstić information content (AvgIpc) is 3.01. The summed E-state index contributed by atoms with van der Waals surface area (Å²) in [7, 11) is 6.77. The maximum absolute atomic E-state index is 5.62.